The molecule has 5 rings (SSSR count). The summed E-state index contributed by atoms with van der Waals surface area (Å²) in [4.78, 5) is 45.3. The molecule has 3 saturated heterocycles. The van der Waals surface area contributed by atoms with Gasteiger partial charge in [-0.1, -0.05) is 30.3 Å². The highest BCUT2D eigenvalue weighted by atomic mass is 79.9. The van der Waals surface area contributed by atoms with E-state index >= 15 is 0 Å². The summed E-state index contributed by atoms with van der Waals surface area (Å²) in [6.07, 6.45) is 3.03. The van der Waals surface area contributed by atoms with Crippen LogP contribution >= 0.6 is 15.9 Å². The summed E-state index contributed by atoms with van der Waals surface area (Å²) < 4.78 is 6.35. The average molecular weight is 555 g/mol. The van der Waals surface area contributed by atoms with Crippen LogP contribution in [0.5, 0.6) is 0 Å². The van der Waals surface area contributed by atoms with Crippen LogP contribution in [0.2, 0.25) is 0 Å². The molecule has 1 N–H and O–H groups in total. The quantitative estimate of drug-likeness (QED) is 0.593. The fraction of sp³-hybridized carbons (Fsp3) is 0.444. The average Bonchev–Trinajstić information content (AvgIpc) is 3.52. The van der Waals surface area contributed by atoms with Crippen LogP contribution in [0.15, 0.2) is 59.1 Å². The van der Waals surface area contributed by atoms with Crippen molar-refractivity contribution < 1.29 is 19.1 Å². The summed E-state index contributed by atoms with van der Waals surface area (Å²) in [7, 11) is 0. The smallest absolute Gasteiger partial charge is 0.255 e. The van der Waals surface area contributed by atoms with Crippen molar-refractivity contribution in [2.75, 3.05) is 44.4 Å². The normalized spacial score (nSPS) is 21.3. The first-order valence-electron chi connectivity index (χ1n) is 12.5. The molecule has 3 aliphatic heterocycles. The van der Waals surface area contributed by atoms with Gasteiger partial charge in [0.1, 0.15) is 12.1 Å². The van der Waals surface area contributed by atoms with Crippen LogP contribution < -0.4 is 10.2 Å². The molecule has 1 unspecified atom stereocenters. The Kier molecular flexibility index (Phi) is 7.29. The van der Waals surface area contributed by atoms with Crippen molar-refractivity contribution in [2.45, 2.75) is 37.3 Å². The molecule has 8 nitrogen and oxygen atoms in total. The Labute approximate surface area is 219 Å². The number of nitrogens with one attached hydrogen (secondary N) is 1. The highest BCUT2D eigenvalue weighted by Gasteiger charge is 2.54. The molecule has 0 aliphatic carbocycles. The Morgan fingerprint density at radius 3 is 2.47 bits per heavy atom. The van der Waals surface area contributed by atoms with Crippen LogP contribution in [0, 0.1) is 0 Å². The molecule has 2 aromatic carbocycles. The molecule has 2 aromatic rings. The van der Waals surface area contributed by atoms with Crippen LogP contribution in [0.3, 0.4) is 0 Å². The van der Waals surface area contributed by atoms with Crippen molar-refractivity contribution in [1.82, 2.24) is 15.1 Å². The zero-order valence-corrected chi connectivity index (χ0v) is 21.8. The lowest BCUT2D eigenvalue weighted by Crippen LogP contribution is -2.57. The minimum absolute atomic E-state index is 0.0102. The lowest BCUT2D eigenvalue weighted by Gasteiger charge is -2.43. The molecule has 1 atom stereocenters. The Balaban J connectivity index is 1.30. The number of nitrogens with zero attached hydrogens (tertiary/aromatic N) is 3. The van der Waals surface area contributed by atoms with Crippen molar-refractivity contribution in [3.63, 3.8) is 0 Å². The molecule has 0 radical (unpaired) electrons. The van der Waals surface area contributed by atoms with E-state index in [1.165, 1.54) is 0 Å². The number of hydrogen-bond acceptors (Lipinski definition) is 5. The van der Waals surface area contributed by atoms with Gasteiger partial charge in [0, 0.05) is 36.4 Å². The molecular formula is C27H31BrN4O4. The van der Waals surface area contributed by atoms with E-state index in [0.29, 0.717) is 44.7 Å². The highest BCUT2D eigenvalue weighted by molar-refractivity contribution is 9.10. The van der Waals surface area contributed by atoms with Crippen molar-refractivity contribution >= 4 is 39.3 Å². The SMILES string of the molecule is O=C(CN1CN(c2ccccc2)C2(CCN(C(=O)c3ccccc3Br)CC2)C1=O)NCC1CCCO1. The van der Waals surface area contributed by atoms with Gasteiger partial charge in [-0.05, 0) is 65.9 Å². The van der Waals surface area contributed by atoms with Crippen molar-refractivity contribution in [1.29, 1.82) is 0 Å². The van der Waals surface area contributed by atoms with Crippen LogP contribution in [0.4, 0.5) is 5.69 Å². The number of anilines is 1. The second-order valence-corrected chi connectivity index (χ2v) is 10.5. The Bertz CT molecular complexity index is 1110. The maximum absolute atomic E-state index is 13.8. The summed E-state index contributed by atoms with van der Waals surface area (Å²) >= 11 is 3.48. The number of halogens is 1. The first kappa shape index (κ1) is 24.8. The molecule has 36 heavy (non-hydrogen) atoms. The summed E-state index contributed by atoms with van der Waals surface area (Å²) in [5.41, 5.74) is 0.787. The Morgan fingerprint density at radius 2 is 1.78 bits per heavy atom. The molecule has 0 aromatic heterocycles. The lowest BCUT2D eigenvalue weighted by molar-refractivity contribution is -0.137. The fourth-order valence-electron chi connectivity index (χ4n) is 5.47. The number of amides is 3. The second kappa shape index (κ2) is 10.6. The van der Waals surface area contributed by atoms with Gasteiger partial charge in [-0.15, -0.1) is 0 Å². The molecule has 3 fully saturated rings. The van der Waals surface area contributed by atoms with E-state index in [9.17, 15) is 14.4 Å². The first-order chi connectivity index (χ1) is 17.5. The number of rotatable bonds is 6. The van der Waals surface area contributed by atoms with Gasteiger partial charge in [0.25, 0.3) is 11.8 Å². The number of piperidine rings is 1. The molecule has 3 aliphatic rings. The fourth-order valence-corrected chi connectivity index (χ4v) is 5.92. The van der Waals surface area contributed by atoms with Gasteiger partial charge in [0.15, 0.2) is 0 Å². The minimum Gasteiger partial charge on any atom is -0.376 e. The number of carbonyl (C=O) groups is 3. The number of carbonyl (C=O) groups excluding carboxylic acids is 3. The van der Waals surface area contributed by atoms with Gasteiger partial charge in [-0.3, -0.25) is 14.4 Å². The first-order valence-corrected chi connectivity index (χ1v) is 13.3. The van der Waals surface area contributed by atoms with Crippen LogP contribution in [-0.4, -0.2) is 78.6 Å². The number of ether oxygens (including phenoxy) is 1. The standard InChI is InChI=1S/C27H31BrN4O4/c28-23-11-5-4-10-22(23)25(34)30-14-12-27(13-15-30)26(35)31(19-32(27)20-7-2-1-3-8-20)18-24(33)29-17-21-9-6-16-36-21/h1-5,7-8,10-11,21H,6,9,12-19H2,(H,29,33). The molecule has 3 amide bonds. The Hall–Kier alpha value is -2.91. The van der Waals surface area contributed by atoms with E-state index in [2.05, 4.69) is 26.1 Å². The second-order valence-electron chi connectivity index (χ2n) is 9.65. The minimum atomic E-state index is -0.777. The van der Waals surface area contributed by atoms with E-state index in [1.54, 1.807) is 4.90 Å². The third-order valence-electron chi connectivity index (χ3n) is 7.45. The van der Waals surface area contributed by atoms with Gasteiger partial charge in [-0.2, -0.15) is 0 Å². The van der Waals surface area contributed by atoms with Crippen LogP contribution in [0.1, 0.15) is 36.0 Å². The highest BCUT2D eigenvalue weighted by Crippen LogP contribution is 2.39. The van der Waals surface area contributed by atoms with Crippen molar-refractivity contribution in [2.24, 2.45) is 0 Å². The van der Waals surface area contributed by atoms with Gasteiger partial charge in [-0.25, -0.2) is 0 Å². The Morgan fingerprint density at radius 1 is 1.06 bits per heavy atom. The summed E-state index contributed by atoms with van der Waals surface area (Å²) in [5.74, 6) is -0.267. The van der Waals surface area contributed by atoms with Crippen molar-refractivity contribution in [3.05, 3.63) is 64.6 Å². The molecule has 3 heterocycles. The molecule has 0 bridgehead atoms. The van der Waals surface area contributed by atoms with E-state index in [-0.39, 0.29) is 30.4 Å². The number of hydrogen-bond donors (Lipinski definition) is 1. The van der Waals surface area contributed by atoms with Crippen LogP contribution in [0.25, 0.3) is 0 Å². The predicted octanol–water partition coefficient (Wildman–Crippen LogP) is 3.03. The van der Waals surface area contributed by atoms with E-state index in [4.69, 9.17) is 4.74 Å². The zero-order valence-electron chi connectivity index (χ0n) is 20.2. The van der Waals surface area contributed by atoms with Crippen LogP contribution in [-0.2, 0) is 14.3 Å². The van der Waals surface area contributed by atoms with Gasteiger partial charge in [0.05, 0.1) is 18.3 Å². The van der Waals surface area contributed by atoms with E-state index < -0.39 is 5.54 Å². The van der Waals surface area contributed by atoms with Gasteiger partial charge < -0.3 is 24.8 Å². The molecule has 190 valence electrons. The van der Waals surface area contributed by atoms with Gasteiger partial charge >= 0.3 is 0 Å². The monoisotopic (exact) mass is 554 g/mol. The summed E-state index contributed by atoms with van der Waals surface area (Å²) in [6, 6.07) is 17.2. The third kappa shape index (κ3) is 4.86. The number of para-hydroxylation sites is 1. The largest absolute Gasteiger partial charge is 0.376 e. The van der Waals surface area contributed by atoms with E-state index in [0.717, 1.165) is 29.6 Å². The summed E-state index contributed by atoms with van der Waals surface area (Å²) in [6.45, 7) is 2.49. The summed E-state index contributed by atoms with van der Waals surface area (Å²) in [5, 5.41) is 2.93. The predicted molar refractivity (Wildman–Crippen MR) is 139 cm³/mol. The maximum atomic E-state index is 13.8. The maximum Gasteiger partial charge on any atom is 0.255 e. The molecule has 9 heteroatoms. The molecule has 1 spiro atoms. The molecule has 0 saturated carbocycles. The third-order valence-corrected chi connectivity index (χ3v) is 8.14. The van der Waals surface area contributed by atoms with Crippen molar-refractivity contribution in [3.8, 4) is 0 Å². The lowest BCUT2D eigenvalue weighted by atomic mass is 9.85. The van der Waals surface area contributed by atoms with Gasteiger partial charge in [0.2, 0.25) is 5.91 Å². The topological polar surface area (TPSA) is 82.2 Å². The molecular weight excluding hydrogens is 524 g/mol. The zero-order chi connectivity index (χ0) is 25.1. The van der Waals surface area contributed by atoms with E-state index in [1.807, 2.05) is 59.5 Å². The number of likely N-dealkylation sites (tertiary alicyclic amines) is 1. The number of benzene rings is 2.